The summed E-state index contributed by atoms with van der Waals surface area (Å²) in [5.74, 6) is -1.55. The van der Waals surface area contributed by atoms with E-state index in [9.17, 15) is 15.2 Å². The summed E-state index contributed by atoms with van der Waals surface area (Å²) in [6, 6.07) is 10.7. The monoisotopic (exact) mass is 585 g/mol. The lowest BCUT2D eigenvalue weighted by Gasteiger charge is -2.37. The molecule has 11 heteroatoms. The smallest absolute Gasteiger partial charge is 0.408 e. The first-order valence-corrected chi connectivity index (χ1v) is 13.3. The largest absolute Gasteiger partial charge is 0.430 e. The molecule has 206 valence electrons. The van der Waals surface area contributed by atoms with Crippen LogP contribution in [0.3, 0.4) is 0 Å². The van der Waals surface area contributed by atoms with Crippen LogP contribution < -0.4 is 10.6 Å². The van der Waals surface area contributed by atoms with E-state index in [2.05, 4.69) is 16.7 Å². The van der Waals surface area contributed by atoms with Gasteiger partial charge in [-0.15, -0.1) is 0 Å². The van der Waals surface area contributed by atoms with Gasteiger partial charge in [-0.2, -0.15) is 5.26 Å². The van der Waals surface area contributed by atoms with Crippen LogP contribution in [0.4, 0.5) is 9.18 Å². The fourth-order valence-corrected chi connectivity index (χ4v) is 5.40. The van der Waals surface area contributed by atoms with Crippen molar-refractivity contribution in [2.75, 3.05) is 13.2 Å². The van der Waals surface area contributed by atoms with E-state index in [4.69, 9.17) is 44.6 Å². The molecule has 38 heavy (non-hydrogen) atoms. The van der Waals surface area contributed by atoms with Crippen LogP contribution in [0.5, 0.6) is 0 Å². The summed E-state index contributed by atoms with van der Waals surface area (Å²) in [5.41, 5.74) is -1.19. The summed E-state index contributed by atoms with van der Waals surface area (Å²) in [4.78, 5) is 12.8. The molecule has 0 aromatic heterocycles. The number of hydrogen-bond donors (Lipinski definition) is 4. The van der Waals surface area contributed by atoms with Crippen molar-refractivity contribution >= 4 is 40.9 Å². The highest BCUT2D eigenvalue weighted by Crippen LogP contribution is 2.52. The van der Waals surface area contributed by atoms with Crippen LogP contribution in [-0.2, 0) is 10.2 Å². The number of aliphatic hydroxyl groups is 2. The summed E-state index contributed by atoms with van der Waals surface area (Å²) in [6.45, 7) is 5.60. The third kappa shape index (κ3) is 6.71. The van der Waals surface area contributed by atoms with Crippen molar-refractivity contribution in [1.82, 2.24) is 10.6 Å². The van der Waals surface area contributed by atoms with E-state index >= 15 is 4.39 Å². The van der Waals surface area contributed by atoms with Gasteiger partial charge in [0.1, 0.15) is 11.2 Å². The molecule has 2 aromatic rings. The molecule has 0 unspecified atom stereocenters. The van der Waals surface area contributed by atoms with Crippen LogP contribution >= 0.6 is 34.8 Å². The first-order valence-electron chi connectivity index (χ1n) is 12.1. The Labute approximate surface area is 236 Å². The number of alkyl carbamates (subject to hydrolysis) is 1. The SMILES string of the molecule is CC(C)(C)C[C@@H]1N[C@H](OC(=O)NCC[C@H](O)CO)[C@H](c2ccc(Cl)c(Cl)c2)[C@@]1(C#N)c1ccc(Cl)cc1F. The fraction of sp³-hybridized carbons (Fsp3) is 0.481. The number of amides is 1. The number of carbonyl (C=O) groups excluding carboxylic acids is 1. The number of nitrogens with one attached hydrogen (secondary N) is 2. The number of nitrogens with zero attached hydrogens (tertiary/aromatic N) is 1. The van der Waals surface area contributed by atoms with Crippen LogP contribution in [0.2, 0.25) is 15.1 Å². The lowest BCUT2D eigenvalue weighted by Crippen LogP contribution is -2.44. The second-order valence-electron chi connectivity index (χ2n) is 10.6. The van der Waals surface area contributed by atoms with Gasteiger partial charge in [0, 0.05) is 23.2 Å². The van der Waals surface area contributed by atoms with Crippen molar-refractivity contribution < 1.29 is 24.1 Å². The lowest BCUT2D eigenvalue weighted by atomic mass is 9.63. The maximum absolute atomic E-state index is 15.6. The molecule has 0 saturated carbocycles. The second kappa shape index (κ2) is 12.4. The quantitative estimate of drug-likeness (QED) is 0.323. The average molecular weight is 587 g/mol. The molecule has 3 rings (SSSR count). The van der Waals surface area contributed by atoms with Gasteiger partial charge in [0.25, 0.3) is 0 Å². The van der Waals surface area contributed by atoms with Gasteiger partial charge in [-0.25, -0.2) is 9.18 Å². The molecule has 0 aliphatic carbocycles. The summed E-state index contributed by atoms with van der Waals surface area (Å²) < 4.78 is 21.3. The Morgan fingerprint density at radius 3 is 2.53 bits per heavy atom. The average Bonchev–Trinajstić information content (AvgIpc) is 3.12. The molecule has 1 saturated heterocycles. The Kier molecular flexibility index (Phi) is 9.91. The number of carbonyl (C=O) groups is 1. The number of benzene rings is 2. The van der Waals surface area contributed by atoms with Crippen molar-refractivity contribution in [3.05, 3.63) is 68.4 Å². The van der Waals surface area contributed by atoms with E-state index in [0.29, 0.717) is 17.0 Å². The predicted molar refractivity (Wildman–Crippen MR) is 145 cm³/mol. The molecule has 2 aromatic carbocycles. The fourth-order valence-electron chi connectivity index (χ4n) is 4.94. The Morgan fingerprint density at radius 2 is 1.95 bits per heavy atom. The molecule has 4 N–H and O–H groups in total. The van der Waals surface area contributed by atoms with Gasteiger partial charge in [0.15, 0.2) is 6.23 Å². The van der Waals surface area contributed by atoms with Crippen LogP contribution in [0.1, 0.15) is 50.7 Å². The minimum Gasteiger partial charge on any atom is -0.430 e. The molecular formula is C27H31Cl3FN3O4. The first-order chi connectivity index (χ1) is 17.8. The van der Waals surface area contributed by atoms with E-state index in [1.54, 1.807) is 18.2 Å². The molecular weight excluding hydrogens is 556 g/mol. The molecule has 1 fully saturated rings. The molecule has 1 aliphatic rings. The predicted octanol–water partition coefficient (Wildman–Crippen LogP) is 5.53. The Hall–Kier alpha value is -2.12. The van der Waals surface area contributed by atoms with Gasteiger partial charge in [-0.1, -0.05) is 67.7 Å². The van der Waals surface area contributed by atoms with Crippen LogP contribution in [0.15, 0.2) is 36.4 Å². The number of hydrogen-bond acceptors (Lipinski definition) is 6. The van der Waals surface area contributed by atoms with Crippen molar-refractivity contribution in [3.8, 4) is 6.07 Å². The summed E-state index contributed by atoms with van der Waals surface area (Å²) in [6.07, 6.45) is -2.30. The van der Waals surface area contributed by atoms with Gasteiger partial charge in [-0.05, 0) is 48.1 Å². The molecule has 0 radical (unpaired) electrons. The normalized spacial score (nSPS) is 24.1. The minimum atomic E-state index is -1.53. The first kappa shape index (κ1) is 30.4. The molecule has 0 spiro atoms. The van der Waals surface area contributed by atoms with Gasteiger partial charge in [0.05, 0.1) is 34.7 Å². The van der Waals surface area contributed by atoms with E-state index in [0.717, 1.165) is 6.07 Å². The molecule has 7 nitrogen and oxygen atoms in total. The zero-order valence-corrected chi connectivity index (χ0v) is 23.5. The number of aliphatic hydroxyl groups excluding tert-OH is 2. The van der Waals surface area contributed by atoms with Gasteiger partial charge in [-0.3, -0.25) is 5.32 Å². The maximum Gasteiger partial charge on any atom is 0.408 e. The summed E-state index contributed by atoms with van der Waals surface area (Å²) in [5, 5.41) is 35.9. The second-order valence-corrected chi connectivity index (χ2v) is 11.9. The highest BCUT2D eigenvalue weighted by atomic mass is 35.5. The van der Waals surface area contributed by atoms with Crippen LogP contribution in [0, 0.1) is 22.6 Å². The Bertz CT molecular complexity index is 1200. The van der Waals surface area contributed by atoms with E-state index < -0.39 is 48.2 Å². The Balaban J connectivity index is 2.14. The van der Waals surface area contributed by atoms with E-state index in [1.165, 1.54) is 12.1 Å². The third-order valence-corrected chi connectivity index (χ3v) is 7.56. The lowest BCUT2D eigenvalue weighted by molar-refractivity contribution is 0.0689. The number of rotatable bonds is 8. The zero-order valence-electron chi connectivity index (χ0n) is 21.3. The summed E-state index contributed by atoms with van der Waals surface area (Å²) in [7, 11) is 0. The van der Waals surface area contributed by atoms with Crippen molar-refractivity contribution in [2.45, 2.75) is 63.3 Å². The topological polar surface area (TPSA) is 115 Å². The van der Waals surface area contributed by atoms with Crippen molar-refractivity contribution in [2.24, 2.45) is 5.41 Å². The molecule has 1 amide bonds. The number of halogens is 4. The molecule has 1 heterocycles. The maximum atomic E-state index is 15.6. The third-order valence-electron chi connectivity index (χ3n) is 6.58. The summed E-state index contributed by atoms with van der Waals surface area (Å²) >= 11 is 18.5. The molecule has 1 aliphatic heterocycles. The van der Waals surface area contributed by atoms with Crippen LogP contribution in [0.25, 0.3) is 0 Å². The standard InChI is InChI=1S/C27H31Cl3FN3O4/c1-26(2,3)12-22-27(14-32,18-6-5-16(28)11-21(18)31)23(15-4-7-19(29)20(30)10-15)24(34-22)38-25(37)33-9-8-17(36)13-35/h4-7,10-11,17,22-24,34-36H,8-9,12-13H2,1-3H3,(H,33,37)/t17-,22-,23-,24+,27-/m0/s1. The molecule has 0 bridgehead atoms. The van der Waals surface area contributed by atoms with Crippen LogP contribution in [-0.4, -0.2) is 47.8 Å². The van der Waals surface area contributed by atoms with Gasteiger partial charge < -0.3 is 20.3 Å². The Morgan fingerprint density at radius 1 is 1.24 bits per heavy atom. The number of ether oxygens (including phenoxy) is 1. The molecule has 5 atom stereocenters. The highest BCUT2D eigenvalue weighted by molar-refractivity contribution is 6.42. The number of nitriles is 1. The van der Waals surface area contributed by atoms with E-state index in [1.807, 2.05) is 20.8 Å². The minimum absolute atomic E-state index is 0.0470. The van der Waals surface area contributed by atoms with E-state index in [-0.39, 0.29) is 34.0 Å². The zero-order chi connectivity index (χ0) is 28.3. The highest BCUT2D eigenvalue weighted by Gasteiger charge is 2.60. The van der Waals surface area contributed by atoms with Gasteiger partial charge in [0.2, 0.25) is 0 Å². The van der Waals surface area contributed by atoms with Crippen molar-refractivity contribution in [3.63, 3.8) is 0 Å². The van der Waals surface area contributed by atoms with Gasteiger partial charge >= 0.3 is 6.09 Å². The van der Waals surface area contributed by atoms with Crippen molar-refractivity contribution in [1.29, 1.82) is 5.26 Å².